The van der Waals surface area contributed by atoms with E-state index in [1.165, 1.54) is 0 Å². The van der Waals surface area contributed by atoms with E-state index in [1.807, 2.05) is 0 Å². The maximum absolute atomic E-state index is 10.6. The monoisotopic (exact) mass is 247 g/mol. The lowest BCUT2D eigenvalue weighted by molar-refractivity contribution is -0.139. The van der Waals surface area contributed by atoms with Gasteiger partial charge >= 0.3 is 5.97 Å². The van der Waals surface area contributed by atoms with E-state index in [0.29, 0.717) is 16.6 Å². The molecule has 0 spiro atoms. The van der Waals surface area contributed by atoms with Crippen LogP contribution in [0.15, 0.2) is 18.2 Å². The average molecular weight is 248 g/mol. The molecule has 2 N–H and O–H groups in total. The van der Waals surface area contributed by atoms with Crippen molar-refractivity contribution in [3.8, 4) is 0 Å². The third-order valence-electron chi connectivity index (χ3n) is 2.00. The summed E-state index contributed by atoms with van der Waals surface area (Å²) in [5.41, 5.74) is 0.789. The molecule has 0 aliphatic carbocycles. The summed E-state index contributed by atoms with van der Waals surface area (Å²) in [6.07, 6.45) is 0. The van der Waals surface area contributed by atoms with Crippen molar-refractivity contribution in [3.63, 3.8) is 0 Å². The number of carbonyl (C=O) groups is 1. The Morgan fingerprint density at radius 3 is 2.80 bits per heavy atom. The molecule has 15 heavy (non-hydrogen) atoms. The fourth-order valence-electron chi connectivity index (χ4n) is 1.04. The number of halogens is 2. The molecule has 1 atom stereocenters. The summed E-state index contributed by atoms with van der Waals surface area (Å²) in [6, 6.07) is 4.65. The number of aliphatic carboxylic acids is 1. The molecule has 0 aromatic heterocycles. The minimum absolute atomic E-state index is 0.382. The van der Waals surface area contributed by atoms with Crippen molar-refractivity contribution < 1.29 is 9.90 Å². The zero-order valence-electron chi connectivity index (χ0n) is 8.13. The highest BCUT2D eigenvalue weighted by molar-refractivity contribution is 6.42. The topological polar surface area (TPSA) is 49.3 Å². The molecule has 0 fully saturated rings. The zero-order valence-corrected chi connectivity index (χ0v) is 9.64. The highest BCUT2D eigenvalue weighted by Gasteiger charge is 2.11. The quantitative estimate of drug-likeness (QED) is 0.860. The first-order valence-electron chi connectivity index (χ1n) is 4.41. The summed E-state index contributed by atoms with van der Waals surface area (Å²) in [7, 11) is 0. The molecule has 0 aliphatic heterocycles. The van der Waals surface area contributed by atoms with Gasteiger partial charge in [0.25, 0.3) is 0 Å². The van der Waals surface area contributed by atoms with Gasteiger partial charge in [0.15, 0.2) is 0 Å². The lowest BCUT2D eigenvalue weighted by atomic mass is 10.2. The predicted molar refractivity (Wildman–Crippen MR) is 60.4 cm³/mol. The molecular weight excluding hydrogens is 237 g/mol. The number of carboxylic acid groups (broad SMARTS) is 1. The van der Waals surface area contributed by atoms with Gasteiger partial charge < -0.3 is 10.4 Å². The lowest BCUT2D eigenvalue weighted by Gasteiger charge is -2.10. The van der Waals surface area contributed by atoms with E-state index in [-0.39, 0.29) is 0 Å². The van der Waals surface area contributed by atoms with Crippen LogP contribution in [0.2, 0.25) is 10.0 Å². The number of carboxylic acids is 1. The van der Waals surface area contributed by atoms with Crippen LogP contribution in [-0.4, -0.2) is 17.1 Å². The third-order valence-corrected chi connectivity index (χ3v) is 2.86. The van der Waals surface area contributed by atoms with Crippen LogP contribution >= 0.6 is 23.2 Å². The molecule has 0 radical (unpaired) electrons. The highest BCUT2D eigenvalue weighted by Crippen LogP contribution is 2.25. The van der Waals surface area contributed by atoms with E-state index in [2.05, 4.69) is 5.32 Å². The maximum Gasteiger partial charge on any atom is 0.320 e. The van der Waals surface area contributed by atoms with Gasteiger partial charge in [0.1, 0.15) is 6.04 Å². The van der Waals surface area contributed by atoms with Crippen LogP contribution in [0.5, 0.6) is 0 Å². The second-order valence-electron chi connectivity index (χ2n) is 3.15. The van der Waals surface area contributed by atoms with Crippen molar-refractivity contribution in [1.82, 2.24) is 5.32 Å². The average Bonchev–Trinajstić information content (AvgIpc) is 2.19. The number of rotatable bonds is 4. The second kappa shape index (κ2) is 5.35. The van der Waals surface area contributed by atoms with Gasteiger partial charge in [-0.2, -0.15) is 0 Å². The van der Waals surface area contributed by atoms with Gasteiger partial charge in [-0.05, 0) is 18.6 Å². The van der Waals surface area contributed by atoms with E-state index in [9.17, 15) is 4.79 Å². The van der Waals surface area contributed by atoms with E-state index in [1.54, 1.807) is 25.1 Å². The molecule has 0 amide bonds. The summed E-state index contributed by atoms with van der Waals surface area (Å²) in [4.78, 5) is 10.6. The van der Waals surface area contributed by atoms with Crippen molar-refractivity contribution in [1.29, 1.82) is 0 Å². The molecule has 1 unspecified atom stereocenters. The van der Waals surface area contributed by atoms with Crippen LogP contribution in [0.3, 0.4) is 0 Å². The Bertz CT molecular complexity index is 368. The van der Waals surface area contributed by atoms with Crippen LogP contribution in [-0.2, 0) is 11.3 Å². The molecule has 1 aromatic carbocycles. The number of nitrogens with one attached hydrogen (secondary N) is 1. The summed E-state index contributed by atoms with van der Waals surface area (Å²) < 4.78 is 0. The van der Waals surface area contributed by atoms with Crippen molar-refractivity contribution in [2.24, 2.45) is 0 Å². The molecule has 0 heterocycles. The van der Waals surface area contributed by atoms with Gasteiger partial charge in [0, 0.05) is 6.54 Å². The Kier molecular flexibility index (Phi) is 4.39. The van der Waals surface area contributed by atoms with E-state index < -0.39 is 12.0 Å². The predicted octanol–water partition coefficient (Wildman–Crippen LogP) is 2.56. The van der Waals surface area contributed by atoms with E-state index in [0.717, 1.165) is 5.56 Å². The molecule has 5 heteroatoms. The first-order chi connectivity index (χ1) is 7.02. The van der Waals surface area contributed by atoms with Gasteiger partial charge in [0.2, 0.25) is 0 Å². The number of hydrogen-bond donors (Lipinski definition) is 2. The van der Waals surface area contributed by atoms with Gasteiger partial charge in [0.05, 0.1) is 10.0 Å². The van der Waals surface area contributed by atoms with Crippen LogP contribution in [0, 0.1) is 0 Å². The Morgan fingerprint density at radius 1 is 1.53 bits per heavy atom. The van der Waals surface area contributed by atoms with Crippen LogP contribution in [0.4, 0.5) is 0 Å². The van der Waals surface area contributed by atoms with Gasteiger partial charge in [-0.3, -0.25) is 4.79 Å². The highest BCUT2D eigenvalue weighted by atomic mass is 35.5. The molecule has 0 bridgehead atoms. The lowest BCUT2D eigenvalue weighted by Crippen LogP contribution is -2.33. The maximum atomic E-state index is 10.6. The zero-order chi connectivity index (χ0) is 11.4. The third kappa shape index (κ3) is 3.38. The summed E-state index contributed by atoms with van der Waals surface area (Å²) >= 11 is 11.8. The van der Waals surface area contributed by atoms with Gasteiger partial charge in [-0.25, -0.2) is 0 Å². The number of hydrogen-bond acceptors (Lipinski definition) is 2. The molecular formula is C10H11Cl2NO2. The fraction of sp³-hybridized carbons (Fsp3) is 0.300. The minimum Gasteiger partial charge on any atom is -0.480 e. The Morgan fingerprint density at radius 2 is 2.20 bits per heavy atom. The second-order valence-corrected chi connectivity index (χ2v) is 3.94. The summed E-state index contributed by atoms with van der Waals surface area (Å²) in [6.45, 7) is 1.95. The van der Waals surface area contributed by atoms with Crippen molar-refractivity contribution in [2.45, 2.75) is 19.5 Å². The first kappa shape index (κ1) is 12.3. The summed E-state index contributed by atoms with van der Waals surface area (Å²) in [5, 5.41) is 12.4. The molecule has 3 nitrogen and oxygen atoms in total. The molecule has 1 aromatic rings. The SMILES string of the molecule is CC(NCc1cccc(Cl)c1Cl)C(=O)O. The van der Waals surface area contributed by atoms with Gasteiger partial charge in [-0.15, -0.1) is 0 Å². The van der Waals surface area contributed by atoms with Crippen molar-refractivity contribution in [2.75, 3.05) is 0 Å². The normalized spacial score (nSPS) is 12.5. The van der Waals surface area contributed by atoms with Crippen LogP contribution in [0.25, 0.3) is 0 Å². The molecule has 82 valence electrons. The molecule has 0 saturated heterocycles. The largest absolute Gasteiger partial charge is 0.480 e. The smallest absolute Gasteiger partial charge is 0.320 e. The molecule has 0 saturated carbocycles. The van der Waals surface area contributed by atoms with Crippen molar-refractivity contribution >= 4 is 29.2 Å². The first-order valence-corrected chi connectivity index (χ1v) is 5.17. The van der Waals surface area contributed by atoms with Crippen molar-refractivity contribution in [3.05, 3.63) is 33.8 Å². The Labute approximate surface area is 98.0 Å². The van der Waals surface area contributed by atoms with Crippen LogP contribution in [0.1, 0.15) is 12.5 Å². The van der Waals surface area contributed by atoms with E-state index in [4.69, 9.17) is 28.3 Å². The minimum atomic E-state index is -0.895. The summed E-state index contributed by atoms with van der Waals surface area (Å²) in [5.74, 6) is -0.895. The van der Waals surface area contributed by atoms with Gasteiger partial charge in [-0.1, -0.05) is 35.3 Å². The van der Waals surface area contributed by atoms with Crippen LogP contribution < -0.4 is 5.32 Å². The van der Waals surface area contributed by atoms with E-state index >= 15 is 0 Å². The molecule has 0 aliphatic rings. The number of benzene rings is 1. The Hall–Kier alpha value is -0.770. The molecule has 1 rings (SSSR count). The standard InChI is InChI=1S/C10H11Cl2NO2/c1-6(10(14)15)13-5-7-3-2-4-8(11)9(7)12/h2-4,6,13H,5H2,1H3,(H,14,15). The fourth-order valence-corrected chi connectivity index (χ4v) is 1.42. The Balaban J connectivity index is 2.66.